The van der Waals surface area contributed by atoms with E-state index in [0.717, 1.165) is 25.9 Å². The molecular weight excluding hydrogens is 182 g/mol. The number of aromatic carboxylic acids is 1. The number of hydrogen-bond acceptors (Lipinski definition) is 3. The van der Waals surface area contributed by atoms with Gasteiger partial charge in [-0.1, -0.05) is 0 Å². The van der Waals surface area contributed by atoms with Gasteiger partial charge in [-0.2, -0.15) is 5.10 Å². The van der Waals surface area contributed by atoms with Gasteiger partial charge in [0.1, 0.15) is 5.69 Å². The van der Waals surface area contributed by atoms with Crippen LogP contribution >= 0.6 is 0 Å². The summed E-state index contributed by atoms with van der Waals surface area (Å²) in [6.07, 6.45) is 3.44. The maximum atomic E-state index is 10.8. The van der Waals surface area contributed by atoms with E-state index in [4.69, 9.17) is 5.11 Å². The first-order chi connectivity index (χ1) is 6.79. The van der Waals surface area contributed by atoms with Crippen molar-refractivity contribution in [3.05, 3.63) is 18.0 Å². The smallest absolute Gasteiger partial charge is 0.354 e. The van der Waals surface area contributed by atoms with Gasteiger partial charge in [0, 0.05) is 6.20 Å². The van der Waals surface area contributed by atoms with Crippen LogP contribution in [-0.2, 0) is 0 Å². The van der Waals surface area contributed by atoms with E-state index in [-0.39, 0.29) is 11.7 Å². The van der Waals surface area contributed by atoms with Crippen molar-refractivity contribution in [2.24, 2.45) is 0 Å². The zero-order chi connectivity index (χ0) is 9.97. The van der Waals surface area contributed by atoms with Crippen LogP contribution in [0, 0.1) is 0 Å². The molecule has 2 heterocycles. The summed E-state index contributed by atoms with van der Waals surface area (Å²) in [5.74, 6) is -0.902. The maximum absolute atomic E-state index is 10.8. The highest BCUT2D eigenvalue weighted by Gasteiger charge is 2.20. The molecule has 1 aliphatic heterocycles. The van der Waals surface area contributed by atoms with Gasteiger partial charge in [-0.15, -0.1) is 0 Å². The zero-order valence-corrected chi connectivity index (χ0v) is 7.81. The molecular formula is C9H13N3O2. The molecule has 0 aromatic carbocycles. The first kappa shape index (κ1) is 9.21. The lowest BCUT2D eigenvalue weighted by Gasteiger charge is -2.23. The minimum absolute atomic E-state index is 0.234. The number of piperidine rings is 1. The van der Waals surface area contributed by atoms with Crippen LogP contribution in [0.3, 0.4) is 0 Å². The summed E-state index contributed by atoms with van der Waals surface area (Å²) in [5.41, 5.74) is 0.289. The van der Waals surface area contributed by atoms with E-state index < -0.39 is 5.97 Å². The largest absolute Gasteiger partial charge is 0.477 e. The lowest BCUT2D eigenvalue weighted by Crippen LogP contribution is -2.31. The zero-order valence-electron chi connectivity index (χ0n) is 7.81. The van der Waals surface area contributed by atoms with Crippen molar-refractivity contribution in [2.45, 2.75) is 18.9 Å². The second kappa shape index (κ2) is 3.79. The van der Waals surface area contributed by atoms with Crippen molar-refractivity contribution < 1.29 is 9.90 Å². The summed E-state index contributed by atoms with van der Waals surface area (Å²) in [4.78, 5) is 10.8. The molecule has 0 radical (unpaired) electrons. The predicted octanol–water partition coefficient (Wildman–Crippen LogP) is 0.506. The minimum Gasteiger partial charge on any atom is -0.477 e. The molecule has 0 saturated carbocycles. The molecule has 1 saturated heterocycles. The van der Waals surface area contributed by atoms with Crippen molar-refractivity contribution >= 4 is 5.97 Å². The SMILES string of the molecule is O=C(O)c1ccnn1C1CCNCC1. The second-order valence-electron chi connectivity index (χ2n) is 3.45. The predicted molar refractivity (Wildman–Crippen MR) is 50.3 cm³/mol. The average molecular weight is 195 g/mol. The van der Waals surface area contributed by atoms with E-state index >= 15 is 0 Å². The quantitative estimate of drug-likeness (QED) is 0.721. The van der Waals surface area contributed by atoms with Gasteiger partial charge in [0.15, 0.2) is 0 Å². The van der Waals surface area contributed by atoms with Gasteiger partial charge in [0.2, 0.25) is 0 Å². The Morgan fingerprint density at radius 3 is 2.93 bits per heavy atom. The third-order valence-corrected chi connectivity index (χ3v) is 2.54. The fourth-order valence-electron chi connectivity index (χ4n) is 1.83. The van der Waals surface area contributed by atoms with Gasteiger partial charge in [-0.3, -0.25) is 4.68 Å². The van der Waals surface area contributed by atoms with Gasteiger partial charge in [-0.25, -0.2) is 4.79 Å². The Morgan fingerprint density at radius 1 is 1.57 bits per heavy atom. The number of carboxylic acids is 1. The lowest BCUT2D eigenvalue weighted by molar-refractivity contribution is 0.0678. The van der Waals surface area contributed by atoms with Gasteiger partial charge >= 0.3 is 5.97 Å². The fourth-order valence-corrected chi connectivity index (χ4v) is 1.83. The molecule has 0 atom stereocenters. The summed E-state index contributed by atoms with van der Waals surface area (Å²) >= 11 is 0. The highest BCUT2D eigenvalue weighted by atomic mass is 16.4. The van der Waals surface area contributed by atoms with Crippen LogP contribution in [0.2, 0.25) is 0 Å². The molecule has 0 bridgehead atoms. The Bertz CT molecular complexity index is 329. The van der Waals surface area contributed by atoms with Gasteiger partial charge < -0.3 is 10.4 Å². The van der Waals surface area contributed by atoms with E-state index in [2.05, 4.69) is 10.4 Å². The maximum Gasteiger partial charge on any atom is 0.354 e. The van der Waals surface area contributed by atoms with E-state index in [9.17, 15) is 4.79 Å². The minimum atomic E-state index is -0.902. The van der Waals surface area contributed by atoms with Crippen molar-refractivity contribution in [2.75, 3.05) is 13.1 Å². The van der Waals surface area contributed by atoms with Crippen LogP contribution in [-0.4, -0.2) is 33.9 Å². The Hall–Kier alpha value is -1.36. The number of hydrogen-bond donors (Lipinski definition) is 2. The Morgan fingerprint density at radius 2 is 2.29 bits per heavy atom. The van der Waals surface area contributed by atoms with Gasteiger partial charge in [-0.05, 0) is 32.0 Å². The molecule has 76 valence electrons. The number of nitrogens with zero attached hydrogens (tertiary/aromatic N) is 2. The number of aromatic nitrogens is 2. The van der Waals surface area contributed by atoms with E-state index in [1.807, 2.05) is 0 Å². The number of nitrogens with one attached hydrogen (secondary N) is 1. The summed E-state index contributed by atoms with van der Waals surface area (Å²) in [7, 11) is 0. The van der Waals surface area contributed by atoms with E-state index in [1.54, 1.807) is 16.9 Å². The Kier molecular flexibility index (Phi) is 2.49. The molecule has 0 spiro atoms. The Labute approximate surface area is 81.7 Å². The molecule has 0 aliphatic carbocycles. The van der Waals surface area contributed by atoms with Crippen LogP contribution in [0.5, 0.6) is 0 Å². The fraction of sp³-hybridized carbons (Fsp3) is 0.556. The van der Waals surface area contributed by atoms with Gasteiger partial charge in [0.25, 0.3) is 0 Å². The molecule has 5 heteroatoms. The van der Waals surface area contributed by atoms with Crippen LogP contribution in [0.25, 0.3) is 0 Å². The lowest BCUT2D eigenvalue weighted by atomic mass is 10.1. The average Bonchev–Trinajstić information content (AvgIpc) is 2.67. The van der Waals surface area contributed by atoms with Crippen molar-refractivity contribution in [1.82, 2.24) is 15.1 Å². The summed E-state index contributed by atoms with van der Waals surface area (Å²) in [6, 6.07) is 1.78. The standard InChI is InChI=1S/C9H13N3O2/c13-9(14)8-3-6-11-12(8)7-1-4-10-5-2-7/h3,6-7,10H,1-2,4-5H2,(H,13,14). The first-order valence-electron chi connectivity index (χ1n) is 4.76. The monoisotopic (exact) mass is 195 g/mol. The highest BCUT2D eigenvalue weighted by molar-refractivity contribution is 5.85. The third kappa shape index (κ3) is 1.63. The first-order valence-corrected chi connectivity index (χ1v) is 4.76. The summed E-state index contributed by atoms with van der Waals surface area (Å²) in [5, 5.41) is 16.2. The molecule has 0 unspecified atom stereocenters. The Balaban J connectivity index is 2.21. The molecule has 5 nitrogen and oxygen atoms in total. The molecule has 2 N–H and O–H groups in total. The number of rotatable bonds is 2. The number of carbonyl (C=O) groups is 1. The van der Waals surface area contributed by atoms with Crippen LogP contribution < -0.4 is 5.32 Å². The van der Waals surface area contributed by atoms with Crippen molar-refractivity contribution in [3.8, 4) is 0 Å². The molecule has 2 rings (SSSR count). The second-order valence-corrected chi connectivity index (χ2v) is 3.45. The van der Waals surface area contributed by atoms with E-state index in [1.165, 1.54) is 0 Å². The molecule has 1 aliphatic rings. The number of carboxylic acid groups (broad SMARTS) is 1. The van der Waals surface area contributed by atoms with Crippen molar-refractivity contribution in [1.29, 1.82) is 0 Å². The molecule has 1 fully saturated rings. The topological polar surface area (TPSA) is 67.1 Å². The van der Waals surface area contributed by atoms with Crippen LogP contribution in [0.1, 0.15) is 29.4 Å². The van der Waals surface area contributed by atoms with Gasteiger partial charge in [0.05, 0.1) is 6.04 Å². The molecule has 1 aromatic heterocycles. The highest BCUT2D eigenvalue weighted by Crippen LogP contribution is 2.19. The van der Waals surface area contributed by atoms with Crippen molar-refractivity contribution in [3.63, 3.8) is 0 Å². The molecule has 14 heavy (non-hydrogen) atoms. The molecule has 0 amide bonds. The summed E-state index contributed by atoms with van der Waals surface area (Å²) < 4.78 is 1.63. The third-order valence-electron chi connectivity index (χ3n) is 2.54. The van der Waals surface area contributed by atoms with E-state index in [0.29, 0.717) is 0 Å². The van der Waals surface area contributed by atoms with Crippen LogP contribution in [0.15, 0.2) is 12.3 Å². The normalized spacial score (nSPS) is 18.3. The molecule has 1 aromatic rings. The van der Waals surface area contributed by atoms with Crippen LogP contribution in [0.4, 0.5) is 0 Å². The summed E-state index contributed by atoms with van der Waals surface area (Å²) in [6.45, 7) is 1.87.